The topological polar surface area (TPSA) is 54.4 Å². The van der Waals surface area contributed by atoms with Crippen LogP contribution < -0.4 is 0 Å². The Hall–Kier alpha value is -0.0900. The van der Waals surface area contributed by atoms with Gasteiger partial charge in [-0.05, 0) is 24.7 Å². The van der Waals surface area contributed by atoms with Gasteiger partial charge in [0, 0.05) is 0 Å². The van der Waals surface area contributed by atoms with Gasteiger partial charge in [-0.25, -0.2) is 8.42 Å². The van der Waals surface area contributed by atoms with Crippen molar-refractivity contribution in [1.29, 1.82) is 0 Å². The van der Waals surface area contributed by atoms with Crippen molar-refractivity contribution in [2.45, 2.75) is 32.8 Å². The third kappa shape index (κ3) is 2.95. The van der Waals surface area contributed by atoms with E-state index in [4.69, 9.17) is 0 Å². The number of rotatable bonds is 2. The van der Waals surface area contributed by atoms with E-state index in [2.05, 4.69) is 0 Å². The van der Waals surface area contributed by atoms with Crippen molar-refractivity contribution in [3.8, 4) is 0 Å². The Bertz CT molecular complexity index is 242. The maximum absolute atomic E-state index is 11.1. The second-order valence-electron chi connectivity index (χ2n) is 4.22. The zero-order valence-corrected chi connectivity index (χ0v) is 9.05. The lowest BCUT2D eigenvalue weighted by Gasteiger charge is -2.28. The van der Waals surface area contributed by atoms with E-state index in [1.165, 1.54) is 0 Å². The Morgan fingerprint density at radius 3 is 2.08 bits per heavy atom. The molecule has 1 N–H and O–H groups in total. The maximum atomic E-state index is 11.1. The molecule has 1 aliphatic heterocycles. The van der Waals surface area contributed by atoms with Crippen LogP contribution in [0.2, 0.25) is 0 Å². The van der Waals surface area contributed by atoms with Crippen LogP contribution in [-0.4, -0.2) is 31.1 Å². The predicted octanol–water partition coefficient (Wildman–Crippen LogP) is 0.828. The molecule has 1 atom stereocenters. The van der Waals surface area contributed by atoms with Gasteiger partial charge in [0.1, 0.15) is 9.84 Å². The second-order valence-corrected chi connectivity index (χ2v) is 6.53. The van der Waals surface area contributed by atoms with Gasteiger partial charge in [-0.15, -0.1) is 0 Å². The first-order valence-corrected chi connectivity index (χ1v) is 6.63. The number of hydrogen-bond acceptors (Lipinski definition) is 3. The fourth-order valence-electron chi connectivity index (χ4n) is 1.79. The minimum Gasteiger partial charge on any atom is -0.393 e. The van der Waals surface area contributed by atoms with E-state index < -0.39 is 9.84 Å². The number of sulfone groups is 1. The SMILES string of the molecule is CC(C)C(O)C1CCS(=O)(=O)CC1. The van der Waals surface area contributed by atoms with E-state index in [9.17, 15) is 13.5 Å². The minimum atomic E-state index is -2.79. The summed E-state index contributed by atoms with van der Waals surface area (Å²) in [4.78, 5) is 0. The largest absolute Gasteiger partial charge is 0.393 e. The average Bonchev–Trinajstić information content (AvgIpc) is 2.03. The van der Waals surface area contributed by atoms with Crippen LogP contribution in [0.15, 0.2) is 0 Å². The van der Waals surface area contributed by atoms with Gasteiger partial charge < -0.3 is 5.11 Å². The molecule has 0 spiro atoms. The van der Waals surface area contributed by atoms with Gasteiger partial charge in [0.15, 0.2) is 0 Å². The highest BCUT2D eigenvalue weighted by atomic mass is 32.2. The van der Waals surface area contributed by atoms with E-state index in [0.717, 1.165) is 0 Å². The molecule has 1 saturated heterocycles. The molecule has 78 valence electrons. The maximum Gasteiger partial charge on any atom is 0.150 e. The zero-order chi connectivity index (χ0) is 10.1. The molecule has 0 aliphatic carbocycles. The van der Waals surface area contributed by atoms with E-state index in [0.29, 0.717) is 12.8 Å². The summed E-state index contributed by atoms with van der Waals surface area (Å²) in [6.07, 6.45) is 0.916. The highest BCUT2D eigenvalue weighted by Crippen LogP contribution is 2.25. The van der Waals surface area contributed by atoms with Crippen molar-refractivity contribution >= 4 is 9.84 Å². The van der Waals surface area contributed by atoms with Gasteiger partial charge in [0.05, 0.1) is 17.6 Å². The normalized spacial score (nSPS) is 26.2. The first-order chi connectivity index (χ1) is 5.92. The van der Waals surface area contributed by atoms with Crippen molar-refractivity contribution in [2.24, 2.45) is 11.8 Å². The second kappa shape index (κ2) is 3.96. The summed E-state index contributed by atoms with van der Waals surface area (Å²) in [5, 5.41) is 9.73. The molecule has 0 aromatic rings. The van der Waals surface area contributed by atoms with Gasteiger partial charge in [0.2, 0.25) is 0 Å². The molecule has 0 radical (unpaired) electrons. The molecule has 1 rings (SSSR count). The lowest BCUT2D eigenvalue weighted by Crippen LogP contribution is -2.33. The Labute approximate surface area is 80.1 Å². The Morgan fingerprint density at radius 2 is 1.69 bits per heavy atom. The standard InChI is InChI=1S/C9H18O3S/c1-7(2)9(10)8-3-5-13(11,12)6-4-8/h7-10H,3-6H2,1-2H3. The smallest absolute Gasteiger partial charge is 0.150 e. The van der Waals surface area contributed by atoms with Gasteiger partial charge in [0.25, 0.3) is 0 Å². The quantitative estimate of drug-likeness (QED) is 0.728. The molecule has 4 heteroatoms. The molecular weight excluding hydrogens is 188 g/mol. The Balaban J connectivity index is 2.50. The highest BCUT2D eigenvalue weighted by molar-refractivity contribution is 7.91. The van der Waals surface area contributed by atoms with Crippen molar-refractivity contribution in [3.63, 3.8) is 0 Å². The summed E-state index contributed by atoms with van der Waals surface area (Å²) in [5.41, 5.74) is 0. The fourth-order valence-corrected chi connectivity index (χ4v) is 3.32. The molecule has 1 fully saturated rings. The summed E-state index contributed by atoms with van der Waals surface area (Å²) < 4.78 is 22.2. The van der Waals surface area contributed by atoms with Crippen LogP contribution in [0.25, 0.3) is 0 Å². The predicted molar refractivity (Wildman–Crippen MR) is 52.2 cm³/mol. The van der Waals surface area contributed by atoms with E-state index in [-0.39, 0.29) is 29.4 Å². The van der Waals surface area contributed by atoms with Crippen LogP contribution in [0, 0.1) is 11.8 Å². The molecule has 1 aliphatic rings. The molecule has 0 amide bonds. The van der Waals surface area contributed by atoms with Crippen LogP contribution >= 0.6 is 0 Å². The molecular formula is C9H18O3S. The third-order valence-corrected chi connectivity index (χ3v) is 4.48. The molecule has 0 aromatic heterocycles. The fraction of sp³-hybridized carbons (Fsp3) is 1.00. The van der Waals surface area contributed by atoms with Crippen LogP contribution in [0.4, 0.5) is 0 Å². The van der Waals surface area contributed by atoms with Crippen LogP contribution in [0.3, 0.4) is 0 Å². The van der Waals surface area contributed by atoms with Crippen LogP contribution in [0.1, 0.15) is 26.7 Å². The minimum absolute atomic E-state index is 0.184. The van der Waals surface area contributed by atoms with E-state index in [1.807, 2.05) is 13.8 Å². The van der Waals surface area contributed by atoms with Crippen molar-refractivity contribution in [3.05, 3.63) is 0 Å². The lowest BCUT2D eigenvalue weighted by molar-refractivity contribution is 0.0597. The molecule has 1 heterocycles. The summed E-state index contributed by atoms with van der Waals surface area (Å²) in [7, 11) is -2.79. The molecule has 1 unspecified atom stereocenters. The average molecular weight is 206 g/mol. The van der Waals surface area contributed by atoms with Crippen molar-refractivity contribution < 1.29 is 13.5 Å². The Morgan fingerprint density at radius 1 is 1.23 bits per heavy atom. The monoisotopic (exact) mass is 206 g/mol. The molecule has 0 aromatic carbocycles. The molecule has 3 nitrogen and oxygen atoms in total. The molecule has 0 bridgehead atoms. The summed E-state index contributed by atoms with van der Waals surface area (Å²) in [5.74, 6) is 0.914. The van der Waals surface area contributed by atoms with Gasteiger partial charge in [-0.1, -0.05) is 13.8 Å². The summed E-state index contributed by atoms with van der Waals surface area (Å²) in [6.45, 7) is 3.93. The van der Waals surface area contributed by atoms with Crippen LogP contribution in [-0.2, 0) is 9.84 Å². The third-order valence-electron chi connectivity index (χ3n) is 2.77. The van der Waals surface area contributed by atoms with Gasteiger partial charge in [-0.2, -0.15) is 0 Å². The summed E-state index contributed by atoms with van der Waals surface area (Å²) in [6, 6.07) is 0. The van der Waals surface area contributed by atoms with E-state index >= 15 is 0 Å². The lowest BCUT2D eigenvalue weighted by atomic mass is 9.89. The van der Waals surface area contributed by atoms with Crippen LogP contribution in [0.5, 0.6) is 0 Å². The summed E-state index contributed by atoms with van der Waals surface area (Å²) >= 11 is 0. The number of hydrogen-bond donors (Lipinski definition) is 1. The number of aliphatic hydroxyl groups is 1. The number of aliphatic hydroxyl groups excluding tert-OH is 1. The van der Waals surface area contributed by atoms with E-state index in [1.54, 1.807) is 0 Å². The Kier molecular flexibility index (Phi) is 3.35. The highest BCUT2D eigenvalue weighted by Gasteiger charge is 2.29. The first-order valence-electron chi connectivity index (χ1n) is 4.81. The molecule has 0 saturated carbocycles. The first kappa shape index (κ1) is 11.0. The van der Waals surface area contributed by atoms with Gasteiger partial charge >= 0.3 is 0 Å². The van der Waals surface area contributed by atoms with Crippen molar-refractivity contribution in [2.75, 3.05) is 11.5 Å². The molecule has 13 heavy (non-hydrogen) atoms. The van der Waals surface area contributed by atoms with Crippen molar-refractivity contribution in [1.82, 2.24) is 0 Å². The van der Waals surface area contributed by atoms with Gasteiger partial charge in [-0.3, -0.25) is 0 Å². The zero-order valence-electron chi connectivity index (χ0n) is 8.23.